The molecule has 0 unspecified atom stereocenters. The topological polar surface area (TPSA) is 91.7 Å². The maximum absolute atomic E-state index is 13.7. The van der Waals surface area contributed by atoms with Gasteiger partial charge in [0.2, 0.25) is 0 Å². The van der Waals surface area contributed by atoms with Gasteiger partial charge in [0, 0.05) is 6.61 Å². The van der Waals surface area contributed by atoms with Crippen molar-refractivity contribution in [1.82, 2.24) is 0 Å². The van der Waals surface area contributed by atoms with Gasteiger partial charge in [0.1, 0.15) is 16.3 Å². The Morgan fingerprint density at radius 2 is 1.84 bits per heavy atom. The molecule has 0 aliphatic rings. The molecule has 0 saturated carbocycles. The summed E-state index contributed by atoms with van der Waals surface area (Å²) in [6.45, 7) is -0.207. The van der Waals surface area contributed by atoms with Crippen LogP contribution in [-0.4, -0.2) is 37.0 Å². The average molecular weight is 294 g/mol. The van der Waals surface area contributed by atoms with E-state index < -0.39 is 43.7 Å². The predicted octanol–water partition coefficient (Wildman–Crippen LogP) is 1.21. The van der Waals surface area contributed by atoms with E-state index in [1.807, 2.05) is 0 Å². The molecule has 0 fully saturated rings. The zero-order valence-corrected chi connectivity index (χ0v) is 10.6. The van der Waals surface area contributed by atoms with Crippen molar-refractivity contribution in [2.45, 2.75) is 17.7 Å². The molecule has 5 nitrogen and oxygen atoms in total. The maximum atomic E-state index is 13.7. The molecular weight excluding hydrogens is 282 g/mol. The summed E-state index contributed by atoms with van der Waals surface area (Å²) in [5.74, 6) is -5.26. The number of aromatic carboxylic acids is 1. The minimum Gasteiger partial charge on any atom is -0.477 e. The summed E-state index contributed by atoms with van der Waals surface area (Å²) in [5, 5.41) is 17.2. The first-order chi connectivity index (χ1) is 8.81. The van der Waals surface area contributed by atoms with Gasteiger partial charge in [-0.3, -0.25) is 0 Å². The smallest absolute Gasteiger partial charge is 0.341 e. The van der Waals surface area contributed by atoms with E-state index in [0.29, 0.717) is 12.1 Å². The SMILES string of the molecule is O=C(O)c1c(F)ccc(S(=O)(=O)CCCCO)c1F. The number of sulfone groups is 1. The van der Waals surface area contributed by atoms with Crippen molar-refractivity contribution in [3.63, 3.8) is 0 Å². The van der Waals surface area contributed by atoms with Gasteiger partial charge in [-0.2, -0.15) is 0 Å². The van der Waals surface area contributed by atoms with E-state index in [1.165, 1.54) is 0 Å². The fourth-order valence-electron chi connectivity index (χ4n) is 1.48. The van der Waals surface area contributed by atoms with Crippen molar-refractivity contribution in [3.8, 4) is 0 Å². The van der Waals surface area contributed by atoms with E-state index >= 15 is 0 Å². The Labute approximate surface area is 108 Å². The lowest BCUT2D eigenvalue weighted by atomic mass is 10.2. The maximum Gasteiger partial charge on any atom is 0.341 e. The van der Waals surface area contributed by atoms with E-state index in [9.17, 15) is 22.0 Å². The Bertz CT molecular complexity index is 583. The van der Waals surface area contributed by atoms with Crippen molar-refractivity contribution in [1.29, 1.82) is 0 Å². The van der Waals surface area contributed by atoms with Gasteiger partial charge in [0.15, 0.2) is 15.7 Å². The van der Waals surface area contributed by atoms with Crippen LogP contribution in [-0.2, 0) is 9.84 Å². The monoisotopic (exact) mass is 294 g/mol. The summed E-state index contributed by atoms with van der Waals surface area (Å²) >= 11 is 0. The number of aliphatic hydroxyl groups is 1. The molecule has 0 aromatic heterocycles. The molecular formula is C11H12F2O5S. The van der Waals surface area contributed by atoms with Gasteiger partial charge in [-0.15, -0.1) is 0 Å². The molecule has 19 heavy (non-hydrogen) atoms. The Balaban J connectivity index is 3.21. The van der Waals surface area contributed by atoms with Gasteiger partial charge in [-0.1, -0.05) is 0 Å². The molecule has 106 valence electrons. The van der Waals surface area contributed by atoms with E-state index in [0.717, 1.165) is 0 Å². The lowest BCUT2D eigenvalue weighted by Gasteiger charge is -2.08. The first kappa shape index (κ1) is 15.5. The second kappa shape index (κ2) is 6.07. The highest BCUT2D eigenvalue weighted by Gasteiger charge is 2.26. The summed E-state index contributed by atoms with van der Waals surface area (Å²) in [5.41, 5.74) is -1.29. The summed E-state index contributed by atoms with van der Waals surface area (Å²) in [6.07, 6.45) is 0.311. The largest absolute Gasteiger partial charge is 0.477 e. The van der Waals surface area contributed by atoms with Crippen LogP contribution in [0.15, 0.2) is 17.0 Å². The first-order valence-electron chi connectivity index (χ1n) is 5.36. The van der Waals surface area contributed by atoms with Gasteiger partial charge in [-0.25, -0.2) is 22.0 Å². The number of halogens is 2. The summed E-state index contributed by atoms with van der Waals surface area (Å²) < 4.78 is 50.4. The average Bonchev–Trinajstić information content (AvgIpc) is 2.28. The van der Waals surface area contributed by atoms with Crippen LogP contribution in [0.25, 0.3) is 0 Å². The van der Waals surface area contributed by atoms with Gasteiger partial charge in [0.25, 0.3) is 0 Å². The Morgan fingerprint density at radius 1 is 1.21 bits per heavy atom. The van der Waals surface area contributed by atoms with Crippen LogP contribution in [0.4, 0.5) is 8.78 Å². The van der Waals surface area contributed by atoms with Crippen LogP contribution in [0.1, 0.15) is 23.2 Å². The number of hydrogen-bond donors (Lipinski definition) is 2. The summed E-state index contributed by atoms with van der Waals surface area (Å²) in [4.78, 5) is 9.83. The third-order valence-electron chi connectivity index (χ3n) is 2.43. The predicted molar refractivity (Wildman–Crippen MR) is 61.7 cm³/mol. The number of carboxylic acids is 1. The fraction of sp³-hybridized carbons (Fsp3) is 0.364. The lowest BCUT2D eigenvalue weighted by molar-refractivity contribution is 0.0685. The van der Waals surface area contributed by atoms with E-state index in [2.05, 4.69) is 0 Å². The zero-order chi connectivity index (χ0) is 14.6. The minimum atomic E-state index is -4.05. The molecule has 0 aliphatic carbocycles. The molecule has 0 bridgehead atoms. The van der Waals surface area contributed by atoms with Gasteiger partial charge >= 0.3 is 5.97 Å². The molecule has 0 spiro atoms. The highest BCUT2D eigenvalue weighted by molar-refractivity contribution is 7.91. The first-order valence-corrected chi connectivity index (χ1v) is 7.01. The van der Waals surface area contributed by atoms with Crippen molar-refractivity contribution >= 4 is 15.8 Å². The fourth-order valence-corrected chi connectivity index (χ4v) is 2.94. The standard InChI is InChI=1S/C11H12F2O5S/c12-7-3-4-8(10(13)9(7)11(15)16)19(17,18)6-2-1-5-14/h3-4,14H,1-2,5-6H2,(H,15,16). The van der Waals surface area contributed by atoms with Crippen LogP contribution < -0.4 is 0 Å². The molecule has 2 N–H and O–H groups in total. The number of unbranched alkanes of at least 4 members (excludes halogenated alkanes) is 1. The van der Waals surface area contributed by atoms with Crippen molar-refractivity contribution in [2.24, 2.45) is 0 Å². The molecule has 0 atom stereocenters. The van der Waals surface area contributed by atoms with Crippen LogP contribution in [0, 0.1) is 11.6 Å². The van der Waals surface area contributed by atoms with E-state index in [-0.39, 0.29) is 19.4 Å². The zero-order valence-electron chi connectivity index (χ0n) is 9.77. The number of aliphatic hydroxyl groups excluding tert-OH is 1. The second-order valence-electron chi connectivity index (χ2n) is 3.79. The minimum absolute atomic E-state index is 0.0953. The number of hydrogen-bond acceptors (Lipinski definition) is 4. The molecule has 1 aromatic rings. The summed E-state index contributed by atoms with van der Waals surface area (Å²) in [6, 6.07) is 1.30. The highest BCUT2D eigenvalue weighted by atomic mass is 32.2. The number of carboxylic acid groups (broad SMARTS) is 1. The van der Waals surface area contributed by atoms with Crippen LogP contribution in [0.5, 0.6) is 0 Å². The molecule has 8 heteroatoms. The quantitative estimate of drug-likeness (QED) is 0.608. The Hall–Kier alpha value is -1.54. The number of benzene rings is 1. The second-order valence-corrected chi connectivity index (χ2v) is 5.87. The normalized spacial score (nSPS) is 11.5. The van der Waals surface area contributed by atoms with Crippen LogP contribution >= 0.6 is 0 Å². The number of carbonyl (C=O) groups is 1. The van der Waals surface area contributed by atoms with Crippen molar-refractivity contribution in [3.05, 3.63) is 29.3 Å². The molecule has 1 rings (SSSR count). The van der Waals surface area contributed by atoms with Gasteiger partial charge in [-0.05, 0) is 25.0 Å². The van der Waals surface area contributed by atoms with Crippen molar-refractivity contribution < 1.29 is 32.2 Å². The van der Waals surface area contributed by atoms with E-state index in [1.54, 1.807) is 0 Å². The highest BCUT2D eigenvalue weighted by Crippen LogP contribution is 2.22. The third kappa shape index (κ3) is 3.48. The molecule has 0 aliphatic heterocycles. The molecule has 0 amide bonds. The van der Waals surface area contributed by atoms with Crippen LogP contribution in [0.2, 0.25) is 0 Å². The van der Waals surface area contributed by atoms with E-state index in [4.69, 9.17) is 10.2 Å². The molecule has 0 radical (unpaired) electrons. The van der Waals surface area contributed by atoms with Gasteiger partial charge in [0.05, 0.1) is 5.75 Å². The number of rotatable bonds is 6. The molecule has 0 heterocycles. The van der Waals surface area contributed by atoms with Crippen molar-refractivity contribution in [2.75, 3.05) is 12.4 Å². The van der Waals surface area contributed by atoms with Gasteiger partial charge < -0.3 is 10.2 Å². The summed E-state index contributed by atoms with van der Waals surface area (Å²) in [7, 11) is -4.05. The molecule has 1 aromatic carbocycles. The Kier molecular flexibility index (Phi) is 4.96. The lowest BCUT2D eigenvalue weighted by Crippen LogP contribution is -2.14. The third-order valence-corrected chi connectivity index (χ3v) is 4.24. The Morgan fingerprint density at radius 3 is 2.37 bits per heavy atom. The van der Waals surface area contributed by atoms with Crippen LogP contribution in [0.3, 0.4) is 0 Å². The molecule has 0 saturated heterocycles.